The molecule has 1 N–H and O–H groups in total. The third-order valence-electron chi connectivity index (χ3n) is 4.46. The van der Waals surface area contributed by atoms with Gasteiger partial charge in [0.05, 0.1) is 12.3 Å². The Morgan fingerprint density at radius 1 is 1.27 bits per heavy atom. The summed E-state index contributed by atoms with van der Waals surface area (Å²) in [4.78, 5) is 13.8. The van der Waals surface area contributed by atoms with Crippen LogP contribution in [0.1, 0.15) is 42.2 Å². The highest BCUT2D eigenvalue weighted by Gasteiger charge is 2.36. The van der Waals surface area contributed by atoms with E-state index in [2.05, 4.69) is 24.0 Å². The molecule has 0 amide bonds. The van der Waals surface area contributed by atoms with Gasteiger partial charge in [-0.3, -0.25) is 9.69 Å². The molecular weight excluding hydrogens is 278 g/mol. The number of hydrogen-bond acceptors (Lipinski definition) is 3. The number of furan rings is 1. The molecule has 0 spiro atoms. The zero-order chi connectivity index (χ0) is 15.5. The molecule has 1 aliphatic heterocycles. The van der Waals surface area contributed by atoms with Crippen LogP contribution in [0.3, 0.4) is 0 Å². The van der Waals surface area contributed by atoms with Crippen LogP contribution >= 0.6 is 0 Å². The van der Waals surface area contributed by atoms with E-state index >= 15 is 0 Å². The number of carboxylic acids is 1. The number of hydrogen-bond donors (Lipinski definition) is 1. The standard InChI is InChI=1S/C18H21NO3/c1-13-7-2-3-8-14(13)17(16-10-6-12-22-16)19-11-5-4-9-15(19)18(20)21/h2-3,6-8,10,12,15,17H,4-5,9,11H2,1H3,(H,20,21). The zero-order valence-electron chi connectivity index (χ0n) is 12.7. The molecule has 0 bridgehead atoms. The summed E-state index contributed by atoms with van der Waals surface area (Å²) < 4.78 is 5.65. The molecule has 2 unspecified atom stereocenters. The Kier molecular flexibility index (Phi) is 4.29. The molecule has 0 radical (unpaired) electrons. The number of benzene rings is 1. The molecule has 1 saturated heterocycles. The summed E-state index contributed by atoms with van der Waals surface area (Å²) in [5.41, 5.74) is 2.27. The van der Waals surface area contributed by atoms with Gasteiger partial charge in [0.1, 0.15) is 11.8 Å². The van der Waals surface area contributed by atoms with Crippen molar-refractivity contribution in [3.63, 3.8) is 0 Å². The van der Waals surface area contributed by atoms with Crippen LogP contribution in [0.15, 0.2) is 47.1 Å². The van der Waals surface area contributed by atoms with Crippen LogP contribution in [-0.4, -0.2) is 28.6 Å². The topological polar surface area (TPSA) is 53.7 Å². The number of rotatable bonds is 4. The molecule has 2 heterocycles. The van der Waals surface area contributed by atoms with Gasteiger partial charge in [0.25, 0.3) is 0 Å². The fourth-order valence-electron chi connectivity index (χ4n) is 3.36. The van der Waals surface area contributed by atoms with E-state index in [-0.39, 0.29) is 6.04 Å². The first-order valence-corrected chi connectivity index (χ1v) is 7.76. The molecule has 1 aliphatic rings. The summed E-state index contributed by atoms with van der Waals surface area (Å²) >= 11 is 0. The van der Waals surface area contributed by atoms with E-state index in [1.54, 1.807) is 6.26 Å². The lowest BCUT2D eigenvalue weighted by atomic mass is 9.92. The van der Waals surface area contributed by atoms with Crippen molar-refractivity contribution in [3.8, 4) is 0 Å². The van der Waals surface area contributed by atoms with Gasteiger partial charge in [-0.15, -0.1) is 0 Å². The highest BCUT2D eigenvalue weighted by atomic mass is 16.4. The summed E-state index contributed by atoms with van der Waals surface area (Å²) in [7, 11) is 0. The molecule has 2 atom stereocenters. The highest BCUT2D eigenvalue weighted by molar-refractivity contribution is 5.73. The average molecular weight is 299 g/mol. The predicted octanol–water partition coefficient (Wildman–Crippen LogP) is 3.62. The molecule has 0 saturated carbocycles. The first kappa shape index (κ1) is 14.9. The van der Waals surface area contributed by atoms with Crippen molar-refractivity contribution in [2.75, 3.05) is 6.54 Å². The van der Waals surface area contributed by atoms with Crippen molar-refractivity contribution in [1.82, 2.24) is 4.90 Å². The molecule has 1 aromatic carbocycles. The van der Waals surface area contributed by atoms with Gasteiger partial charge >= 0.3 is 5.97 Å². The van der Waals surface area contributed by atoms with Crippen molar-refractivity contribution < 1.29 is 14.3 Å². The van der Waals surface area contributed by atoms with Gasteiger partial charge in [0.15, 0.2) is 0 Å². The molecule has 116 valence electrons. The van der Waals surface area contributed by atoms with Gasteiger partial charge in [0, 0.05) is 6.54 Å². The lowest BCUT2D eigenvalue weighted by Gasteiger charge is -2.38. The highest BCUT2D eigenvalue weighted by Crippen LogP contribution is 2.35. The Hall–Kier alpha value is -2.07. The normalized spacial score (nSPS) is 20.7. The lowest BCUT2D eigenvalue weighted by molar-refractivity contribution is -0.145. The molecular formula is C18H21NO3. The van der Waals surface area contributed by atoms with E-state index in [1.165, 1.54) is 0 Å². The smallest absolute Gasteiger partial charge is 0.320 e. The predicted molar refractivity (Wildman–Crippen MR) is 83.7 cm³/mol. The van der Waals surface area contributed by atoms with E-state index in [4.69, 9.17) is 4.42 Å². The largest absolute Gasteiger partial charge is 0.480 e. The number of aliphatic carboxylic acids is 1. The number of likely N-dealkylation sites (tertiary alicyclic amines) is 1. The summed E-state index contributed by atoms with van der Waals surface area (Å²) in [5.74, 6) is 0.0623. The number of aryl methyl sites for hydroxylation is 1. The Labute approximate surface area is 130 Å². The Morgan fingerprint density at radius 3 is 2.77 bits per heavy atom. The fourth-order valence-corrected chi connectivity index (χ4v) is 3.36. The molecule has 4 heteroatoms. The lowest BCUT2D eigenvalue weighted by Crippen LogP contribution is -2.46. The maximum Gasteiger partial charge on any atom is 0.320 e. The molecule has 1 aromatic heterocycles. The monoisotopic (exact) mass is 299 g/mol. The van der Waals surface area contributed by atoms with Crippen LogP contribution in [0, 0.1) is 6.92 Å². The second-order valence-electron chi connectivity index (χ2n) is 5.86. The van der Waals surface area contributed by atoms with Crippen molar-refractivity contribution in [2.45, 2.75) is 38.3 Å². The number of piperidine rings is 1. The minimum absolute atomic E-state index is 0.141. The van der Waals surface area contributed by atoms with Gasteiger partial charge in [0.2, 0.25) is 0 Å². The van der Waals surface area contributed by atoms with Gasteiger partial charge in [-0.05, 0) is 43.0 Å². The van der Waals surface area contributed by atoms with Crippen LogP contribution in [0.5, 0.6) is 0 Å². The van der Waals surface area contributed by atoms with Crippen LogP contribution in [0.2, 0.25) is 0 Å². The molecule has 1 fully saturated rings. The number of nitrogens with zero attached hydrogens (tertiary/aromatic N) is 1. The minimum Gasteiger partial charge on any atom is -0.480 e. The van der Waals surface area contributed by atoms with Crippen LogP contribution in [0.25, 0.3) is 0 Å². The SMILES string of the molecule is Cc1ccccc1C(c1ccco1)N1CCCCC1C(=O)O. The molecule has 0 aliphatic carbocycles. The van der Waals surface area contributed by atoms with E-state index in [1.807, 2.05) is 24.3 Å². The van der Waals surface area contributed by atoms with E-state index in [0.717, 1.165) is 36.3 Å². The number of carbonyl (C=O) groups is 1. The molecule has 3 rings (SSSR count). The first-order chi connectivity index (χ1) is 10.7. The second kappa shape index (κ2) is 6.36. The third kappa shape index (κ3) is 2.79. The Bertz CT molecular complexity index is 636. The molecule has 2 aromatic rings. The first-order valence-electron chi connectivity index (χ1n) is 7.76. The van der Waals surface area contributed by atoms with Gasteiger partial charge in [-0.2, -0.15) is 0 Å². The molecule has 4 nitrogen and oxygen atoms in total. The third-order valence-corrected chi connectivity index (χ3v) is 4.46. The van der Waals surface area contributed by atoms with Crippen molar-refractivity contribution in [2.24, 2.45) is 0 Å². The van der Waals surface area contributed by atoms with Crippen LogP contribution in [0.4, 0.5) is 0 Å². The summed E-state index contributed by atoms with van der Waals surface area (Å²) in [6.45, 7) is 2.83. The van der Waals surface area contributed by atoms with Gasteiger partial charge < -0.3 is 9.52 Å². The molecule has 22 heavy (non-hydrogen) atoms. The van der Waals surface area contributed by atoms with Crippen LogP contribution < -0.4 is 0 Å². The quantitative estimate of drug-likeness (QED) is 0.937. The van der Waals surface area contributed by atoms with Gasteiger partial charge in [-0.25, -0.2) is 0 Å². The summed E-state index contributed by atoms with van der Waals surface area (Å²) in [5, 5.41) is 9.60. The van der Waals surface area contributed by atoms with Gasteiger partial charge in [-0.1, -0.05) is 30.7 Å². The maximum atomic E-state index is 11.7. The minimum atomic E-state index is -0.746. The summed E-state index contributed by atoms with van der Waals surface area (Å²) in [6.07, 6.45) is 4.33. The Morgan fingerprint density at radius 2 is 2.09 bits per heavy atom. The average Bonchev–Trinajstić information content (AvgIpc) is 3.04. The van der Waals surface area contributed by atoms with Crippen molar-refractivity contribution >= 4 is 5.97 Å². The van der Waals surface area contributed by atoms with E-state index in [9.17, 15) is 9.90 Å². The number of carboxylic acid groups (broad SMARTS) is 1. The fraction of sp³-hybridized carbons (Fsp3) is 0.389. The van der Waals surface area contributed by atoms with Crippen molar-refractivity contribution in [3.05, 3.63) is 59.5 Å². The van der Waals surface area contributed by atoms with E-state index in [0.29, 0.717) is 6.42 Å². The van der Waals surface area contributed by atoms with Crippen molar-refractivity contribution in [1.29, 1.82) is 0 Å². The van der Waals surface area contributed by atoms with Crippen LogP contribution in [-0.2, 0) is 4.79 Å². The van der Waals surface area contributed by atoms with E-state index < -0.39 is 12.0 Å². The summed E-state index contributed by atoms with van der Waals surface area (Å²) in [6, 6.07) is 11.3. The zero-order valence-corrected chi connectivity index (χ0v) is 12.7. The Balaban J connectivity index is 2.05. The maximum absolute atomic E-state index is 11.7. The second-order valence-corrected chi connectivity index (χ2v) is 5.86.